The summed E-state index contributed by atoms with van der Waals surface area (Å²) in [6.45, 7) is 5.73. The van der Waals surface area contributed by atoms with Gasteiger partial charge in [0.05, 0.1) is 17.7 Å². The van der Waals surface area contributed by atoms with Crippen LogP contribution in [0.1, 0.15) is 22.3 Å². The minimum atomic E-state index is -0.282. The van der Waals surface area contributed by atoms with Gasteiger partial charge in [-0.25, -0.2) is 0 Å². The molecule has 0 bridgehead atoms. The fourth-order valence-electron chi connectivity index (χ4n) is 3.75. The molecule has 0 spiro atoms. The molecule has 2 amide bonds. The molecule has 9 heteroatoms. The Hall–Kier alpha value is -3.14. The van der Waals surface area contributed by atoms with Crippen molar-refractivity contribution in [2.45, 2.75) is 20.8 Å². The Balaban J connectivity index is 1.46. The molecule has 1 aliphatic rings. The van der Waals surface area contributed by atoms with Crippen LogP contribution in [0.15, 0.2) is 64.0 Å². The zero-order chi connectivity index (χ0) is 26.7. The average Bonchev–Trinajstić information content (AvgIpc) is 3.15. The summed E-state index contributed by atoms with van der Waals surface area (Å²) in [5.74, 6) is 0.419. The minimum Gasteiger partial charge on any atom is -0.493 e. The quantitative estimate of drug-likeness (QED) is 0.239. The number of methoxy groups -OCH3 is 1. The third-order valence-corrected chi connectivity index (χ3v) is 8.05. The number of nitrogens with one attached hydrogen (secondary N) is 1. The first-order valence-corrected chi connectivity index (χ1v) is 13.4. The van der Waals surface area contributed by atoms with Crippen LogP contribution >= 0.6 is 39.9 Å². The summed E-state index contributed by atoms with van der Waals surface area (Å²) in [7, 11) is 1.53. The molecule has 3 aromatic carbocycles. The number of ether oxygens (including phenoxy) is 2. The number of thiocarbonyl (C=S) groups is 1. The monoisotopic (exact) mass is 596 g/mol. The summed E-state index contributed by atoms with van der Waals surface area (Å²) in [5, 5.41) is 2.88. The Kier molecular flexibility index (Phi) is 8.36. The van der Waals surface area contributed by atoms with E-state index in [0.717, 1.165) is 38.1 Å². The summed E-state index contributed by atoms with van der Waals surface area (Å²) >= 11 is 10.2. The number of amides is 2. The average molecular weight is 598 g/mol. The maximum atomic E-state index is 13.1. The van der Waals surface area contributed by atoms with Gasteiger partial charge in [0.25, 0.3) is 11.8 Å². The molecule has 1 aliphatic heterocycles. The standard InChI is InChI=1S/C28H25BrN2O4S2/c1-16-6-5-7-20(12-16)31-27(33)25(37-28(31)36)14-19-8-11-23(24(13-19)34-4)35-15-26(32)30-22-10-9-21(29)17(2)18(22)3/h5-14H,15H2,1-4H3,(H,30,32)/b25-14-. The second-order valence-corrected chi connectivity index (χ2v) is 11.0. The molecular weight excluding hydrogens is 572 g/mol. The van der Waals surface area contributed by atoms with Crippen molar-refractivity contribution in [3.63, 3.8) is 0 Å². The van der Waals surface area contributed by atoms with E-state index >= 15 is 0 Å². The van der Waals surface area contributed by atoms with E-state index < -0.39 is 0 Å². The normalized spacial score (nSPS) is 14.3. The molecule has 0 saturated carbocycles. The number of hydrogen-bond donors (Lipinski definition) is 1. The lowest BCUT2D eigenvalue weighted by Gasteiger charge is -2.15. The molecule has 190 valence electrons. The van der Waals surface area contributed by atoms with Crippen molar-refractivity contribution in [2.75, 3.05) is 23.9 Å². The van der Waals surface area contributed by atoms with Crippen molar-refractivity contribution in [2.24, 2.45) is 0 Å². The van der Waals surface area contributed by atoms with Crippen molar-refractivity contribution in [3.8, 4) is 11.5 Å². The number of nitrogens with zero attached hydrogens (tertiary/aromatic N) is 1. The molecule has 1 N–H and O–H groups in total. The topological polar surface area (TPSA) is 67.9 Å². The molecular formula is C28H25BrN2O4S2. The van der Waals surface area contributed by atoms with Crippen molar-refractivity contribution in [1.82, 2.24) is 0 Å². The van der Waals surface area contributed by atoms with Crippen LogP contribution in [0.25, 0.3) is 6.08 Å². The van der Waals surface area contributed by atoms with E-state index in [4.69, 9.17) is 21.7 Å². The van der Waals surface area contributed by atoms with E-state index in [1.165, 1.54) is 18.9 Å². The van der Waals surface area contributed by atoms with Gasteiger partial charge in [-0.3, -0.25) is 14.5 Å². The summed E-state index contributed by atoms with van der Waals surface area (Å²) in [6.07, 6.45) is 1.77. The number of rotatable bonds is 7. The molecule has 0 atom stereocenters. The highest BCUT2D eigenvalue weighted by atomic mass is 79.9. The van der Waals surface area contributed by atoms with Crippen LogP contribution < -0.4 is 19.7 Å². The highest BCUT2D eigenvalue weighted by Crippen LogP contribution is 2.37. The van der Waals surface area contributed by atoms with Crippen molar-refractivity contribution < 1.29 is 19.1 Å². The first-order chi connectivity index (χ1) is 17.7. The van der Waals surface area contributed by atoms with E-state index in [1.807, 2.05) is 57.2 Å². The minimum absolute atomic E-state index is 0.171. The number of carbonyl (C=O) groups is 2. The third kappa shape index (κ3) is 6.06. The van der Waals surface area contributed by atoms with E-state index in [0.29, 0.717) is 20.7 Å². The first-order valence-electron chi connectivity index (χ1n) is 11.4. The van der Waals surface area contributed by atoms with Gasteiger partial charge in [0.1, 0.15) is 0 Å². The number of hydrogen-bond acceptors (Lipinski definition) is 6. The first kappa shape index (κ1) is 26.9. The number of aryl methyl sites for hydroxylation is 1. The molecule has 0 aliphatic carbocycles. The van der Waals surface area contributed by atoms with Gasteiger partial charge in [0, 0.05) is 10.2 Å². The predicted octanol–water partition coefficient (Wildman–Crippen LogP) is 6.81. The van der Waals surface area contributed by atoms with Crippen LogP contribution in [-0.4, -0.2) is 29.9 Å². The Morgan fingerprint density at radius 3 is 2.59 bits per heavy atom. The fraction of sp³-hybridized carbons (Fsp3) is 0.179. The summed E-state index contributed by atoms with van der Waals surface area (Å²) in [5.41, 5.74) is 5.33. The van der Waals surface area contributed by atoms with Gasteiger partial charge in [-0.05, 0) is 85.5 Å². The second-order valence-electron chi connectivity index (χ2n) is 8.45. The fourth-order valence-corrected chi connectivity index (χ4v) is 5.48. The number of carbonyl (C=O) groups excluding carboxylic acids is 2. The lowest BCUT2D eigenvalue weighted by atomic mass is 10.1. The van der Waals surface area contributed by atoms with E-state index in [9.17, 15) is 9.59 Å². The van der Waals surface area contributed by atoms with Crippen LogP contribution in [0.4, 0.5) is 11.4 Å². The molecule has 0 aromatic heterocycles. The zero-order valence-electron chi connectivity index (χ0n) is 20.8. The SMILES string of the molecule is COc1cc(/C=C2\SC(=S)N(c3cccc(C)c3)C2=O)ccc1OCC(=O)Nc1ccc(Br)c(C)c1C. The smallest absolute Gasteiger partial charge is 0.270 e. The van der Waals surface area contributed by atoms with Gasteiger partial charge in [0.15, 0.2) is 22.4 Å². The molecule has 1 saturated heterocycles. The number of thioether (sulfide) groups is 1. The Morgan fingerprint density at radius 2 is 1.86 bits per heavy atom. The highest BCUT2D eigenvalue weighted by molar-refractivity contribution is 9.10. The highest BCUT2D eigenvalue weighted by Gasteiger charge is 2.33. The van der Waals surface area contributed by atoms with Gasteiger partial charge in [0.2, 0.25) is 0 Å². The van der Waals surface area contributed by atoms with Gasteiger partial charge >= 0.3 is 0 Å². The van der Waals surface area contributed by atoms with Gasteiger partial charge in [-0.15, -0.1) is 0 Å². The van der Waals surface area contributed by atoms with E-state index in [-0.39, 0.29) is 18.4 Å². The van der Waals surface area contributed by atoms with Gasteiger partial charge in [-0.2, -0.15) is 0 Å². The lowest BCUT2D eigenvalue weighted by molar-refractivity contribution is -0.118. The summed E-state index contributed by atoms with van der Waals surface area (Å²) in [6, 6.07) is 16.7. The van der Waals surface area contributed by atoms with Crippen LogP contribution in [0.3, 0.4) is 0 Å². The lowest BCUT2D eigenvalue weighted by Crippen LogP contribution is -2.27. The second kappa shape index (κ2) is 11.5. The Labute approximate surface area is 234 Å². The number of benzene rings is 3. The summed E-state index contributed by atoms with van der Waals surface area (Å²) in [4.78, 5) is 27.7. The Morgan fingerprint density at radius 1 is 1.08 bits per heavy atom. The van der Waals surface area contributed by atoms with E-state index in [2.05, 4.69) is 21.2 Å². The van der Waals surface area contributed by atoms with Gasteiger partial charge in [-0.1, -0.05) is 58.1 Å². The maximum absolute atomic E-state index is 13.1. The molecule has 4 rings (SSSR count). The molecule has 0 unspecified atom stereocenters. The third-order valence-electron chi connectivity index (χ3n) is 5.89. The van der Waals surface area contributed by atoms with Gasteiger partial charge < -0.3 is 14.8 Å². The molecule has 0 radical (unpaired) electrons. The van der Waals surface area contributed by atoms with Crippen molar-refractivity contribution >= 4 is 73.5 Å². The van der Waals surface area contributed by atoms with Crippen LogP contribution in [0.5, 0.6) is 11.5 Å². The largest absolute Gasteiger partial charge is 0.493 e. The molecule has 1 fully saturated rings. The van der Waals surface area contributed by atoms with Crippen LogP contribution in [0, 0.1) is 20.8 Å². The van der Waals surface area contributed by atoms with Crippen molar-refractivity contribution in [1.29, 1.82) is 0 Å². The van der Waals surface area contributed by atoms with Crippen molar-refractivity contribution in [3.05, 3.63) is 86.2 Å². The molecule has 3 aromatic rings. The number of halogens is 1. The number of anilines is 2. The van der Waals surface area contributed by atoms with E-state index in [1.54, 1.807) is 29.2 Å². The molecule has 1 heterocycles. The van der Waals surface area contributed by atoms with Crippen LogP contribution in [-0.2, 0) is 9.59 Å². The zero-order valence-corrected chi connectivity index (χ0v) is 24.0. The molecule has 37 heavy (non-hydrogen) atoms. The predicted molar refractivity (Wildman–Crippen MR) is 158 cm³/mol. The maximum Gasteiger partial charge on any atom is 0.270 e. The molecule has 6 nitrogen and oxygen atoms in total. The Bertz CT molecular complexity index is 1440. The van der Waals surface area contributed by atoms with Crippen LogP contribution in [0.2, 0.25) is 0 Å². The summed E-state index contributed by atoms with van der Waals surface area (Å²) < 4.78 is 12.7.